The van der Waals surface area contributed by atoms with Gasteiger partial charge < -0.3 is 9.47 Å². The fourth-order valence-electron chi connectivity index (χ4n) is 5.20. The fourth-order valence-corrected chi connectivity index (χ4v) is 5.37. The molecule has 2 aliphatic heterocycles. The van der Waals surface area contributed by atoms with Crippen LogP contribution >= 0.6 is 11.6 Å². The minimum absolute atomic E-state index is 0.00514. The molecule has 1 fully saturated rings. The summed E-state index contributed by atoms with van der Waals surface area (Å²) in [6.45, 7) is 2.30. The number of rotatable bonds is 1. The Bertz CT molecular complexity index is 1130. The molecule has 0 radical (unpaired) electrons. The second-order valence-electron chi connectivity index (χ2n) is 8.28. The first kappa shape index (κ1) is 15.7. The number of aromatic nitrogens is 2. The lowest BCUT2D eigenvalue weighted by molar-refractivity contribution is 0.0734. The van der Waals surface area contributed by atoms with Crippen LogP contribution in [-0.4, -0.2) is 27.4 Å². The van der Waals surface area contributed by atoms with E-state index in [1.807, 2.05) is 42.3 Å². The third-order valence-electron chi connectivity index (χ3n) is 6.74. The van der Waals surface area contributed by atoms with Crippen LogP contribution in [0.5, 0.6) is 0 Å². The molecular weight excluding hydrogens is 358 g/mol. The molecule has 0 N–H and O–H groups in total. The highest BCUT2D eigenvalue weighted by Gasteiger charge is 2.46. The summed E-state index contributed by atoms with van der Waals surface area (Å²) in [6.07, 6.45) is 2.10. The van der Waals surface area contributed by atoms with Crippen molar-refractivity contribution in [3.05, 3.63) is 63.9 Å². The predicted molar refractivity (Wildman–Crippen MR) is 105 cm³/mol. The molecular formula is C22H20ClN3O. The van der Waals surface area contributed by atoms with E-state index in [0.29, 0.717) is 11.8 Å². The summed E-state index contributed by atoms with van der Waals surface area (Å²) in [7, 11) is 1.91. The smallest absolute Gasteiger partial charge is 0.254 e. The summed E-state index contributed by atoms with van der Waals surface area (Å²) >= 11 is 6.31. The average Bonchev–Trinajstić information content (AvgIpc) is 3.15. The molecule has 1 saturated carbocycles. The SMILES string of the molecule is C[C@H]1C[C@H]1c1cccc2c1[C@H]1C[C@H](c3nc4ccc(Cl)cc4n31)N(C)C2=O. The zero-order valence-electron chi connectivity index (χ0n) is 15.3. The topological polar surface area (TPSA) is 38.1 Å². The Morgan fingerprint density at radius 1 is 1.15 bits per heavy atom. The van der Waals surface area contributed by atoms with E-state index in [0.717, 1.165) is 33.9 Å². The van der Waals surface area contributed by atoms with Gasteiger partial charge in [-0.05, 0) is 53.6 Å². The molecule has 136 valence electrons. The quantitative estimate of drug-likeness (QED) is 0.602. The van der Waals surface area contributed by atoms with E-state index in [4.69, 9.17) is 16.6 Å². The van der Waals surface area contributed by atoms with Crippen LogP contribution in [0.3, 0.4) is 0 Å². The first-order valence-electron chi connectivity index (χ1n) is 9.62. The Morgan fingerprint density at radius 2 is 1.96 bits per heavy atom. The van der Waals surface area contributed by atoms with Crippen molar-refractivity contribution in [3.63, 3.8) is 0 Å². The third-order valence-corrected chi connectivity index (χ3v) is 6.97. The number of carbonyl (C=O) groups is 1. The lowest BCUT2D eigenvalue weighted by Gasteiger charge is -2.25. The molecule has 1 aliphatic carbocycles. The summed E-state index contributed by atoms with van der Waals surface area (Å²) in [5, 5.41) is 0.721. The number of imidazole rings is 1. The number of fused-ring (bicyclic) bond motifs is 9. The van der Waals surface area contributed by atoms with Gasteiger partial charge >= 0.3 is 0 Å². The molecule has 3 aliphatic rings. The van der Waals surface area contributed by atoms with Crippen molar-refractivity contribution < 1.29 is 4.79 Å². The molecule has 3 heterocycles. The van der Waals surface area contributed by atoms with Gasteiger partial charge in [-0.15, -0.1) is 0 Å². The monoisotopic (exact) mass is 377 g/mol. The average molecular weight is 378 g/mol. The molecule has 27 heavy (non-hydrogen) atoms. The molecule has 2 bridgehead atoms. The van der Waals surface area contributed by atoms with Crippen LogP contribution in [0.1, 0.15) is 65.1 Å². The zero-order chi connectivity index (χ0) is 18.4. The number of carbonyl (C=O) groups excluding carboxylic acids is 1. The Morgan fingerprint density at radius 3 is 2.74 bits per heavy atom. The number of hydrogen-bond donors (Lipinski definition) is 0. The van der Waals surface area contributed by atoms with Gasteiger partial charge in [0.25, 0.3) is 5.91 Å². The predicted octanol–water partition coefficient (Wildman–Crippen LogP) is 4.93. The number of nitrogens with zero attached hydrogens (tertiary/aromatic N) is 3. The van der Waals surface area contributed by atoms with Crippen LogP contribution in [-0.2, 0) is 0 Å². The lowest BCUT2D eigenvalue weighted by Crippen LogP contribution is -2.30. The van der Waals surface area contributed by atoms with E-state index in [1.54, 1.807) is 0 Å². The molecule has 4 nitrogen and oxygen atoms in total. The Balaban J connectivity index is 1.68. The van der Waals surface area contributed by atoms with E-state index in [1.165, 1.54) is 17.5 Å². The van der Waals surface area contributed by atoms with Crippen LogP contribution in [0.4, 0.5) is 0 Å². The second kappa shape index (κ2) is 5.14. The molecule has 0 saturated heterocycles. The maximum atomic E-state index is 13.3. The second-order valence-corrected chi connectivity index (χ2v) is 8.72. The first-order valence-corrected chi connectivity index (χ1v) is 9.99. The van der Waals surface area contributed by atoms with Crippen molar-refractivity contribution in [1.29, 1.82) is 0 Å². The Hall–Kier alpha value is -2.33. The highest BCUT2D eigenvalue weighted by atomic mass is 35.5. The van der Waals surface area contributed by atoms with Gasteiger partial charge in [0.15, 0.2) is 0 Å². The normalized spacial score (nSPS) is 28.3. The molecule has 1 amide bonds. The molecule has 5 heteroatoms. The van der Waals surface area contributed by atoms with Crippen LogP contribution in [0.25, 0.3) is 11.0 Å². The van der Waals surface area contributed by atoms with Crippen LogP contribution < -0.4 is 0 Å². The standard InChI is InChI=1S/C22H20ClN3O/c1-11-8-15(11)13-4-3-5-14-20(13)18-10-19(25(2)22(14)27)21-24-16-7-6-12(23)9-17(16)26(18)21/h3-7,9,11,15,18-19H,8,10H2,1-2H3/t11-,15+,18+,19+/m0/s1. The van der Waals surface area contributed by atoms with Gasteiger partial charge in [0.05, 0.1) is 23.1 Å². The first-order chi connectivity index (χ1) is 13.0. The molecule has 0 spiro atoms. The van der Waals surface area contributed by atoms with Crippen molar-refractivity contribution >= 4 is 28.5 Å². The van der Waals surface area contributed by atoms with Gasteiger partial charge in [0.1, 0.15) is 5.82 Å². The summed E-state index contributed by atoms with van der Waals surface area (Å²) in [5.74, 6) is 2.36. The number of amides is 1. The molecule has 2 aromatic carbocycles. The fraction of sp³-hybridized carbons (Fsp3) is 0.364. The van der Waals surface area contributed by atoms with Gasteiger partial charge in [-0.2, -0.15) is 0 Å². The van der Waals surface area contributed by atoms with E-state index in [2.05, 4.69) is 17.6 Å². The van der Waals surface area contributed by atoms with E-state index < -0.39 is 0 Å². The summed E-state index contributed by atoms with van der Waals surface area (Å²) in [6, 6.07) is 12.3. The summed E-state index contributed by atoms with van der Waals surface area (Å²) in [5.41, 5.74) is 5.44. The minimum Gasteiger partial charge on any atom is -0.331 e. The molecule has 6 rings (SSSR count). The summed E-state index contributed by atoms with van der Waals surface area (Å²) in [4.78, 5) is 20.0. The van der Waals surface area contributed by atoms with Gasteiger partial charge in [-0.1, -0.05) is 30.7 Å². The van der Waals surface area contributed by atoms with Crippen molar-refractivity contribution in [2.75, 3.05) is 7.05 Å². The number of benzene rings is 2. The van der Waals surface area contributed by atoms with Crippen LogP contribution in [0.2, 0.25) is 5.02 Å². The minimum atomic E-state index is 0.00514. The van der Waals surface area contributed by atoms with Gasteiger partial charge in [-0.3, -0.25) is 4.79 Å². The van der Waals surface area contributed by atoms with Crippen molar-refractivity contribution in [2.24, 2.45) is 5.92 Å². The highest BCUT2D eigenvalue weighted by molar-refractivity contribution is 6.31. The number of halogens is 1. The Labute approximate surface area is 162 Å². The van der Waals surface area contributed by atoms with Crippen LogP contribution in [0, 0.1) is 5.92 Å². The van der Waals surface area contributed by atoms with Crippen molar-refractivity contribution in [2.45, 2.75) is 37.8 Å². The highest BCUT2D eigenvalue weighted by Crippen LogP contribution is 2.54. The van der Waals surface area contributed by atoms with E-state index >= 15 is 0 Å². The van der Waals surface area contributed by atoms with Gasteiger partial charge in [0, 0.05) is 24.1 Å². The van der Waals surface area contributed by atoms with E-state index in [-0.39, 0.29) is 18.0 Å². The molecule has 0 unspecified atom stereocenters. The van der Waals surface area contributed by atoms with Crippen molar-refractivity contribution in [1.82, 2.24) is 14.5 Å². The molecule has 3 aromatic rings. The Kier molecular flexibility index (Phi) is 2.99. The van der Waals surface area contributed by atoms with Crippen LogP contribution in [0.15, 0.2) is 36.4 Å². The molecule has 4 atom stereocenters. The van der Waals surface area contributed by atoms with Gasteiger partial charge in [0.2, 0.25) is 0 Å². The summed E-state index contributed by atoms with van der Waals surface area (Å²) < 4.78 is 2.34. The zero-order valence-corrected chi connectivity index (χ0v) is 16.1. The number of hydrogen-bond acceptors (Lipinski definition) is 2. The lowest BCUT2D eigenvalue weighted by atomic mass is 9.90. The third kappa shape index (κ3) is 1.99. The maximum absolute atomic E-state index is 13.3. The van der Waals surface area contributed by atoms with E-state index in [9.17, 15) is 4.79 Å². The largest absolute Gasteiger partial charge is 0.331 e. The maximum Gasteiger partial charge on any atom is 0.254 e. The van der Waals surface area contributed by atoms with Gasteiger partial charge in [-0.25, -0.2) is 4.98 Å². The van der Waals surface area contributed by atoms with Crippen molar-refractivity contribution in [3.8, 4) is 0 Å². The molecule has 1 aromatic heterocycles.